The molecule has 48 heavy (non-hydrogen) atoms. The Bertz CT molecular complexity index is 1940. The molecule has 7 rings (SSSR count). The van der Waals surface area contributed by atoms with Crippen molar-refractivity contribution < 1.29 is 31.5 Å². The third-order valence-electron chi connectivity index (χ3n) is 10.1. The molecule has 1 fully saturated rings. The topological polar surface area (TPSA) is 72.3 Å². The Morgan fingerprint density at radius 1 is 1.08 bits per heavy atom. The molecule has 0 radical (unpaired) electrons. The molecule has 12 heteroatoms. The molecule has 0 spiro atoms. The van der Waals surface area contributed by atoms with E-state index in [0.717, 1.165) is 5.52 Å². The van der Waals surface area contributed by atoms with E-state index >= 15 is 4.39 Å². The molecule has 1 unspecified atom stereocenters. The van der Waals surface area contributed by atoms with Gasteiger partial charge in [-0.2, -0.15) is 13.2 Å². The van der Waals surface area contributed by atoms with E-state index in [1.54, 1.807) is 36.2 Å². The number of nitrogens with one attached hydrogen (secondary N) is 1. The van der Waals surface area contributed by atoms with E-state index in [-0.39, 0.29) is 47.7 Å². The van der Waals surface area contributed by atoms with E-state index in [9.17, 15) is 22.4 Å². The van der Waals surface area contributed by atoms with Crippen molar-refractivity contribution in [3.05, 3.63) is 77.1 Å². The van der Waals surface area contributed by atoms with Gasteiger partial charge in [0.15, 0.2) is 0 Å². The van der Waals surface area contributed by atoms with Crippen LogP contribution in [0.4, 0.5) is 22.0 Å². The predicted octanol–water partition coefficient (Wildman–Crippen LogP) is 8.24. The molecule has 1 amide bonds. The number of carbonyl (C=O) groups is 1. The molecule has 0 saturated heterocycles. The molecule has 254 valence electrons. The normalized spacial score (nSPS) is 25.8. The number of amides is 1. The SMILES string of the molecule is CC(F)Oc1cccc2c1[C@@H]1C[C@@H](c3nc4ccc(-c5cnc(C6(NCC(C)(C)C)CC(C)(C(F)(F)F)C6)c(F)c5)cc4n31)N(C)C2=O. The van der Waals surface area contributed by atoms with Crippen LogP contribution in [0.2, 0.25) is 0 Å². The van der Waals surface area contributed by atoms with Crippen LogP contribution in [0.5, 0.6) is 5.75 Å². The van der Waals surface area contributed by atoms with Gasteiger partial charge in [0, 0.05) is 49.8 Å². The van der Waals surface area contributed by atoms with Crippen LogP contribution in [0.1, 0.15) is 93.4 Å². The van der Waals surface area contributed by atoms with Crippen LogP contribution in [0.15, 0.2) is 48.7 Å². The number of hydrogen-bond acceptors (Lipinski definition) is 5. The summed E-state index contributed by atoms with van der Waals surface area (Å²) in [6.45, 7) is 8.73. The fourth-order valence-corrected chi connectivity index (χ4v) is 7.78. The average Bonchev–Trinajstić information content (AvgIpc) is 3.50. The van der Waals surface area contributed by atoms with Gasteiger partial charge in [0.1, 0.15) is 17.4 Å². The number of fused-ring (bicyclic) bond motifs is 9. The minimum absolute atomic E-state index is 0.0208. The molecule has 7 nitrogen and oxygen atoms in total. The van der Waals surface area contributed by atoms with Gasteiger partial charge in [0.2, 0.25) is 6.36 Å². The summed E-state index contributed by atoms with van der Waals surface area (Å²) in [7, 11) is 1.73. The highest BCUT2D eigenvalue weighted by Crippen LogP contribution is 2.61. The van der Waals surface area contributed by atoms with Gasteiger partial charge in [-0.05, 0) is 54.2 Å². The quantitative estimate of drug-likeness (QED) is 0.210. The number of benzene rings is 2. The van der Waals surface area contributed by atoms with Crippen molar-refractivity contribution in [2.75, 3.05) is 13.6 Å². The highest BCUT2D eigenvalue weighted by molar-refractivity contribution is 5.98. The molecule has 3 aliphatic rings. The van der Waals surface area contributed by atoms with Crippen LogP contribution in [-0.4, -0.2) is 51.5 Å². The van der Waals surface area contributed by atoms with E-state index in [2.05, 4.69) is 10.3 Å². The first-order valence-corrected chi connectivity index (χ1v) is 16.1. The Labute approximate surface area is 275 Å². The summed E-state index contributed by atoms with van der Waals surface area (Å²) in [5, 5.41) is 3.25. The molecule has 2 aromatic carbocycles. The zero-order valence-electron chi connectivity index (χ0n) is 27.7. The predicted molar refractivity (Wildman–Crippen MR) is 171 cm³/mol. The highest BCUT2D eigenvalue weighted by Gasteiger charge is 2.66. The van der Waals surface area contributed by atoms with Gasteiger partial charge in [0.05, 0.1) is 39.8 Å². The number of alkyl halides is 4. The number of pyridine rings is 1. The minimum Gasteiger partial charge on any atom is -0.460 e. The number of halogens is 5. The average molecular weight is 668 g/mol. The van der Waals surface area contributed by atoms with Gasteiger partial charge in [-0.25, -0.2) is 13.8 Å². The fraction of sp³-hybridized carbons (Fsp3) is 0.472. The molecule has 2 bridgehead atoms. The lowest BCUT2D eigenvalue weighted by atomic mass is 9.56. The Hall–Kier alpha value is -4.06. The molecule has 2 aliphatic heterocycles. The van der Waals surface area contributed by atoms with Crippen molar-refractivity contribution in [3.63, 3.8) is 0 Å². The zero-order chi connectivity index (χ0) is 34.6. The maximum Gasteiger partial charge on any atom is 0.394 e. The summed E-state index contributed by atoms with van der Waals surface area (Å²) < 4.78 is 79.5. The standard InChI is InChI=1S/C36H38F5N5O2/c1-19(37)48-28-9-7-8-22-29(28)26-14-27(45(6)32(22)47)31-44-24-11-10-20(13-25(24)46(26)31)21-12-23(38)30(42-15-21)35(43-18-33(2,3)4)16-34(5,17-35)36(39,40)41/h7-13,15,19,26-27,43H,14,16-18H2,1-6H3/t19?,26-,27-,34?,35?/m0/s1. The van der Waals surface area contributed by atoms with Gasteiger partial charge in [-0.15, -0.1) is 0 Å². The summed E-state index contributed by atoms with van der Waals surface area (Å²) in [5.74, 6) is 0.0855. The first-order valence-electron chi connectivity index (χ1n) is 16.1. The van der Waals surface area contributed by atoms with Crippen molar-refractivity contribution in [2.45, 2.75) is 84.0 Å². The zero-order valence-corrected chi connectivity index (χ0v) is 27.7. The largest absolute Gasteiger partial charge is 0.460 e. The third-order valence-corrected chi connectivity index (χ3v) is 10.1. The smallest absolute Gasteiger partial charge is 0.394 e. The molecule has 1 N–H and O–H groups in total. The third kappa shape index (κ3) is 5.05. The van der Waals surface area contributed by atoms with Crippen LogP contribution >= 0.6 is 0 Å². The lowest BCUT2D eigenvalue weighted by Crippen LogP contribution is -2.63. The first-order chi connectivity index (χ1) is 22.4. The highest BCUT2D eigenvalue weighted by atomic mass is 19.4. The Morgan fingerprint density at radius 3 is 2.46 bits per heavy atom. The molecule has 1 saturated carbocycles. The number of hydrogen-bond donors (Lipinski definition) is 1. The Morgan fingerprint density at radius 2 is 1.81 bits per heavy atom. The van der Waals surface area contributed by atoms with E-state index in [0.29, 0.717) is 46.6 Å². The second-order valence-corrected chi connectivity index (χ2v) is 15.1. The maximum atomic E-state index is 16.0. The number of imidazole rings is 1. The lowest BCUT2D eigenvalue weighted by molar-refractivity contribution is -0.266. The van der Waals surface area contributed by atoms with Gasteiger partial charge in [0.25, 0.3) is 5.91 Å². The first kappa shape index (κ1) is 32.5. The van der Waals surface area contributed by atoms with Crippen LogP contribution in [0.3, 0.4) is 0 Å². The monoisotopic (exact) mass is 667 g/mol. The number of aromatic nitrogens is 3. The summed E-state index contributed by atoms with van der Waals surface area (Å²) in [4.78, 5) is 24.5. The van der Waals surface area contributed by atoms with Crippen LogP contribution < -0.4 is 10.1 Å². The van der Waals surface area contributed by atoms with Crippen LogP contribution in [0.25, 0.3) is 22.2 Å². The van der Waals surface area contributed by atoms with Gasteiger partial charge in [-0.3, -0.25) is 9.78 Å². The Balaban J connectivity index is 1.29. The van der Waals surface area contributed by atoms with Crippen molar-refractivity contribution in [2.24, 2.45) is 10.8 Å². The molecular weight excluding hydrogens is 629 g/mol. The number of nitrogens with zero attached hydrogens (tertiary/aromatic N) is 4. The van der Waals surface area contributed by atoms with Gasteiger partial charge in [-0.1, -0.05) is 39.8 Å². The summed E-state index contributed by atoms with van der Waals surface area (Å²) >= 11 is 0. The fourth-order valence-electron chi connectivity index (χ4n) is 7.78. The number of ether oxygens (including phenoxy) is 1. The molecule has 4 heterocycles. The van der Waals surface area contributed by atoms with Gasteiger partial charge < -0.3 is 19.5 Å². The molecule has 2 aromatic heterocycles. The van der Waals surface area contributed by atoms with Crippen molar-refractivity contribution in [1.82, 2.24) is 24.8 Å². The van der Waals surface area contributed by atoms with Crippen LogP contribution in [0, 0.1) is 16.6 Å². The second kappa shape index (κ2) is 10.7. The van der Waals surface area contributed by atoms with Crippen molar-refractivity contribution in [1.29, 1.82) is 0 Å². The molecule has 4 aromatic rings. The summed E-state index contributed by atoms with van der Waals surface area (Å²) in [6, 6.07) is 11.1. The molecule has 1 aliphatic carbocycles. The van der Waals surface area contributed by atoms with Crippen LogP contribution in [-0.2, 0) is 5.54 Å². The second-order valence-electron chi connectivity index (χ2n) is 15.1. The molecule has 3 atom stereocenters. The van der Waals surface area contributed by atoms with E-state index < -0.39 is 29.3 Å². The minimum atomic E-state index is -4.42. The van der Waals surface area contributed by atoms with Crippen molar-refractivity contribution >= 4 is 16.9 Å². The maximum absolute atomic E-state index is 16.0. The molecular formula is C36H38F5N5O2. The number of carbonyl (C=O) groups excluding carboxylic acids is 1. The van der Waals surface area contributed by atoms with E-state index in [1.807, 2.05) is 37.5 Å². The lowest BCUT2D eigenvalue weighted by Gasteiger charge is -2.55. The van der Waals surface area contributed by atoms with E-state index in [1.165, 1.54) is 26.1 Å². The Kier molecular flexibility index (Phi) is 7.25. The summed E-state index contributed by atoms with van der Waals surface area (Å²) in [6.07, 6.45) is -4.62. The summed E-state index contributed by atoms with van der Waals surface area (Å²) in [5.41, 5.74) is 0.0543. The van der Waals surface area contributed by atoms with Crippen molar-refractivity contribution in [3.8, 4) is 16.9 Å². The number of rotatable bonds is 6. The van der Waals surface area contributed by atoms with Gasteiger partial charge >= 0.3 is 6.18 Å². The van der Waals surface area contributed by atoms with E-state index in [4.69, 9.17) is 9.72 Å².